The topological polar surface area (TPSA) is 68.2 Å². The summed E-state index contributed by atoms with van der Waals surface area (Å²) in [6.07, 6.45) is 2.57. The third kappa shape index (κ3) is 5.10. The Morgan fingerprint density at radius 1 is 1.50 bits per heavy atom. The van der Waals surface area contributed by atoms with E-state index >= 15 is 0 Å². The van der Waals surface area contributed by atoms with E-state index in [1.807, 2.05) is 6.07 Å². The molecule has 0 radical (unpaired) electrons. The predicted molar refractivity (Wildman–Crippen MR) is 61.8 cm³/mol. The molecule has 0 aromatic heterocycles. The SMILES string of the molecule is CC(CN1CCCC1)NCC(=O)NCC#N. The van der Waals surface area contributed by atoms with E-state index in [0.29, 0.717) is 6.04 Å². The second-order valence-corrected chi connectivity index (χ2v) is 4.22. The van der Waals surface area contributed by atoms with E-state index in [0.717, 1.165) is 6.54 Å². The van der Waals surface area contributed by atoms with Gasteiger partial charge in [0.25, 0.3) is 0 Å². The van der Waals surface area contributed by atoms with Crippen LogP contribution in [0.4, 0.5) is 0 Å². The number of hydrogen-bond acceptors (Lipinski definition) is 4. The zero-order valence-corrected chi connectivity index (χ0v) is 9.83. The lowest BCUT2D eigenvalue weighted by molar-refractivity contribution is -0.120. The van der Waals surface area contributed by atoms with Gasteiger partial charge in [-0.05, 0) is 32.9 Å². The molecule has 0 saturated carbocycles. The van der Waals surface area contributed by atoms with Gasteiger partial charge in [0.15, 0.2) is 0 Å². The monoisotopic (exact) mass is 224 g/mol. The minimum Gasteiger partial charge on any atom is -0.342 e. The second-order valence-electron chi connectivity index (χ2n) is 4.22. The van der Waals surface area contributed by atoms with Gasteiger partial charge >= 0.3 is 0 Å². The smallest absolute Gasteiger partial charge is 0.234 e. The zero-order chi connectivity index (χ0) is 11.8. The summed E-state index contributed by atoms with van der Waals surface area (Å²) in [5.41, 5.74) is 0. The van der Waals surface area contributed by atoms with Crippen LogP contribution in [0.15, 0.2) is 0 Å². The quantitative estimate of drug-likeness (QED) is 0.608. The summed E-state index contributed by atoms with van der Waals surface area (Å²) < 4.78 is 0. The van der Waals surface area contributed by atoms with E-state index < -0.39 is 0 Å². The number of nitriles is 1. The van der Waals surface area contributed by atoms with E-state index in [2.05, 4.69) is 22.5 Å². The van der Waals surface area contributed by atoms with Crippen molar-refractivity contribution in [2.24, 2.45) is 0 Å². The molecule has 90 valence electrons. The molecule has 1 aliphatic heterocycles. The van der Waals surface area contributed by atoms with E-state index in [-0.39, 0.29) is 19.0 Å². The normalized spacial score (nSPS) is 18.0. The average molecular weight is 224 g/mol. The first-order valence-corrected chi connectivity index (χ1v) is 5.81. The van der Waals surface area contributed by atoms with Gasteiger partial charge in [-0.25, -0.2) is 0 Å². The first-order valence-electron chi connectivity index (χ1n) is 5.81. The molecule has 1 aliphatic rings. The molecule has 1 atom stereocenters. The molecule has 1 unspecified atom stereocenters. The maximum absolute atomic E-state index is 11.2. The maximum atomic E-state index is 11.2. The number of hydrogen-bond donors (Lipinski definition) is 2. The highest BCUT2D eigenvalue weighted by atomic mass is 16.1. The van der Waals surface area contributed by atoms with Crippen molar-refractivity contribution in [1.29, 1.82) is 5.26 Å². The number of carbonyl (C=O) groups excluding carboxylic acids is 1. The number of likely N-dealkylation sites (tertiary alicyclic amines) is 1. The lowest BCUT2D eigenvalue weighted by atomic mass is 10.3. The van der Waals surface area contributed by atoms with Crippen LogP contribution in [0.2, 0.25) is 0 Å². The van der Waals surface area contributed by atoms with Gasteiger partial charge in [-0.1, -0.05) is 0 Å². The minimum absolute atomic E-state index is 0.0843. The highest BCUT2D eigenvalue weighted by molar-refractivity contribution is 5.78. The van der Waals surface area contributed by atoms with Crippen molar-refractivity contribution in [3.8, 4) is 6.07 Å². The Bertz CT molecular complexity index is 255. The van der Waals surface area contributed by atoms with Crippen molar-refractivity contribution in [3.05, 3.63) is 0 Å². The van der Waals surface area contributed by atoms with E-state index in [9.17, 15) is 4.79 Å². The van der Waals surface area contributed by atoms with Crippen molar-refractivity contribution in [3.63, 3.8) is 0 Å². The molecule has 5 heteroatoms. The van der Waals surface area contributed by atoms with Crippen molar-refractivity contribution in [1.82, 2.24) is 15.5 Å². The molecule has 0 aliphatic carbocycles. The lowest BCUT2D eigenvalue weighted by Gasteiger charge is -2.20. The predicted octanol–water partition coefficient (Wildman–Crippen LogP) is -0.300. The maximum Gasteiger partial charge on any atom is 0.234 e. The van der Waals surface area contributed by atoms with Gasteiger partial charge in [0.2, 0.25) is 5.91 Å². The molecule has 1 saturated heterocycles. The molecule has 16 heavy (non-hydrogen) atoms. The van der Waals surface area contributed by atoms with Crippen LogP contribution < -0.4 is 10.6 Å². The first kappa shape index (κ1) is 12.9. The van der Waals surface area contributed by atoms with Gasteiger partial charge in [0.05, 0.1) is 12.6 Å². The van der Waals surface area contributed by atoms with Crippen LogP contribution in [0.5, 0.6) is 0 Å². The van der Waals surface area contributed by atoms with E-state index in [4.69, 9.17) is 5.26 Å². The molecule has 5 nitrogen and oxygen atoms in total. The molecule has 0 bridgehead atoms. The summed E-state index contributed by atoms with van der Waals surface area (Å²) in [6, 6.07) is 2.19. The standard InChI is InChI=1S/C11H20N4O/c1-10(9-15-6-2-3-7-15)14-8-11(16)13-5-4-12/h10,14H,2-3,5-9H2,1H3,(H,13,16). The van der Waals surface area contributed by atoms with E-state index in [1.54, 1.807) is 0 Å². The number of nitrogens with one attached hydrogen (secondary N) is 2. The van der Waals surface area contributed by atoms with Crippen LogP contribution in [0.1, 0.15) is 19.8 Å². The van der Waals surface area contributed by atoms with Gasteiger partial charge in [0.1, 0.15) is 6.54 Å². The van der Waals surface area contributed by atoms with Crippen molar-refractivity contribution < 1.29 is 4.79 Å². The molecule has 1 amide bonds. The Labute approximate surface area is 96.8 Å². The number of carbonyl (C=O) groups is 1. The summed E-state index contributed by atoms with van der Waals surface area (Å²) in [5.74, 6) is -0.116. The van der Waals surface area contributed by atoms with Gasteiger partial charge in [-0.3, -0.25) is 4.79 Å². The van der Waals surface area contributed by atoms with Crippen LogP contribution in [0.3, 0.4) is 0 Å². The molecule has 0 aromatic rings. The molecule has 0 aromatic carbocycles. The molecule has 0 spiro atoms. The highest BCUT2D eigenvalue weighted by Crippen LogP contribution is 2.07. The van der Waals surface area contributed by atoms with Gasteiger partial charge in [-0.2, -0.15) is 5.26 Å². The Balaban J connectivity index is 2.07. The van der Waals surface area contributed by atoms with Crippen LogP contribution in [0.25, 0.3) is 0 Å². The molecular formula is C11H20N4O. The fourth-order valence-corrected chi connectivity index (χ4v) is 1.88. The average Bonchev–Trinajstić information content (AvgIpc) is 2.76. The van der Waals surface area contributed by atoms with Crippen LogP contribution in [-0.4, -0.2) is 49.6 Å². The van der Waals surface area contributed by atoms with Crippen molar-refractivity contribution in [2.45, 2.75) is 25.8 Å². The van der Waals surface area contributed by atoms with Gasteiger partial charge in [-0.15, -0.1) is 0 Å². The van der Waals surface area contributed by atoms with Crippen LogP contribution in [-0.2, 0) is 4.79 Å². The zero-order valence-electron chi connectivity index (χ0n) is 9.83. The number of nitrogens with zero attached hydrogens (tertiary/aromatic N) is 2. The van der Waals surface area contributed by atoms with Crippen molar-refractivity contribution >= 4 is 5.91 Å². The van der Waals surface area contributed by atoms with E-state index in [1.165, 1.54) is 25.9 Å². The second kappa shape index (κ2) is 7.20. The minimum atomic E-state index is -0.116. The fourth-order valence-electron chi connectivity index (χ4n) is 1.88. The summed E-state index contributed by atoms with van der Waals surface area (Å²) >= 11 is 0. The third-order valence-electron chi connectivity index (χ3n) is 2.71. The molecule has 2 N–H and O–H groups in total. The summed E-state index contributed by atoms with van der Waals surface area (Å²) in [6.45, 7) is 5.79. The van der Waals surface area contributed by atoms with Gasteiger partial charge in [0, 0.05) is 12.6 Å². The van der Waals surface area contributed by atoms with Gasteiger partial charge < -0.3 is 15.5 Å². The molecule has 1 rings (SSSR count). The fraction of sp³-hybridized carbons (Fsp3) is 0.818. The Hall–Kier alpha value is -1.12. The lowest BCUT2D eigenvalue weighted by Crippen LogP contribution is -2.43. The molecule has 1 fully saturated rings. The summed E-state index contributed by atoms with van der Waals surface area (Å²) in [7, 11) is 0. The van der Waals surface area contributed by atoms with Crippen molar-refractivity contribution in [2.75, 3.05) is 32.7 Å². The highest BCUT2D eigenvalue weighted by Gasteiger charge is 2.14. The third-order valence-corrected chi connectivity index (χ3v) is 2.71. The molecule has 1 heterocycles. The number of amides is 1. The summed E-state index contributed by atoms with van der Waals surface area (Å²) in [5, 5.41) is 14.0. The Morgan fingerprint density at radius 2 is 2.19 bits per heavy atom. The Kier molecular flexibility index (Phi) is 5.83. The van der Waals surface area contributed by atoms with Crippen LogP contribution >= 0.6 is 0 Å². The van der Waals surface area contributed by atoms with Crippen LogP contribution in [0, 0.1) is 11.3 Å². The molecular weight excluding hydrogens is 204 g/mol. The Morgan fingerprint density at radius 3 is 2.81 bits per heavy atom. The summed E-state index contributed by atoms with van der Waals surface area (Å²) in [4.78, 5) is 13.6. The first-order chi connectivity index (χ1) is 7.72. The number of rotatable bonds is 6. The largest absolute Gasteiger partial charge is 0.342 e.